The van der Waals surface area contributed by atoms with E-state index in [1.807, 2.05) is 18.3 Å². The van der Waals surface area contributed by atoms with Gasteiger partial charge in [-0.2, -0.15) is 4.98 Å². The fraction of sp³-hybridized carbons (Fsp3) is 0.250. The number of hydrogen-bond acceptors (Lipinski definition) is 4. The van der Waals surface area contributed by atoms with Crippen LogP contribution in [0.25, 0.3) is 5.65 Å². The molecular formula is C16H17N5. The molecule has 1 aromatic carbocycles. The second-order valence-electron chi connectivity index (χ2n) is 5.69. The summed E-state index contributed by atoms with van der Waals surface area (Å²) >= 11 is 0. The molecule has 5 heteroatoms. The number of nitrogens with one attached hydrogen (secondary N) is 1. The van der Waals surface area contributed by atoms with Crippen molar-refractivity contribution in [3.05, 3.63) is 54.2 Å². The number of anilines is 2. The van der Waals surface area contributed by atoms with Crippen LogP contribution in [0.1, 0.15) is 18.4 Å². The number of rotatable bonds is 4. The summed E-state index contributed by atoms with van der Waals surface area (Å²) in [6.45, 7) is 0.937. The van der Waals surface area contributed by atoms with Crippen LogP contribution in [-0.4, -0.2) is 21.1 Å². The van der Waals surface area contributed by atoms with Crippen LogP contribution in [0.3, 0.4) is 0 Å². The van der Waals surface area contributed by atoms with E-state index in [1.165, 1.54) is 18.4 Å². The highest BCUT2D eigenvalue weighted by molar-refractivity contribution is 5.51. The Kier molecular flexibility index (Phi) is 2.60. The van der Waals surface area contributed by atoms with Crippen LogP contribution in [0.2, 0.25) is 0 Å². The fourth-order valence-corrected chi connectivity index (χ4v) is 2.79. The minimum absolute atomic E-state index is 0.289. The fourth-order valence-electron chi connectivity index (χ4n) is 2.79. The summed E-state index contributed by atoms with van der Waals surface area (Å²) in [7, 11) is 0. The lowest BCUT2D eigenvalue weighted by Gasteiger charge is -2.17. The lowest BCUT2D eigenvalue weighted by molar-refractivity contribution is 0.732. The molecule has 0 aliphatic heterocycles. The van der Waals surface area contributed by atoms with E-state index in [4.69, 9.17) is 5.73 Å². The second-order valence-corrected chi connectivity index (χ2v) is 5.69. The molecule has 1 fully saturated rings. The maximum absolute atomic E-state index is 5.61. The first kappa shape index (κ1) is 12.2. The number of aromatic nitrogens is 3. The molecule has 0 radical (unpaired) electrons. The standard InChI is InChI=1S/C16H17N5/c17-15-19-14-7-6-13(10-21(14)20-15)18-11-16(8-9-16)12-4-2-1-3-5-12/h1-7,10,18H,8-9,11H2,(H2,17,20). The molecule has 0 saturated heterocycles. The maximum Gasteiger partial charge on any atom is 0.240 e. The maximum atomic E-state index is 5.61. The Morgan fingerprint density at radius 3 is 2.71 bits per heavy atom. The van der Waals surface area contributed by atoms with E-state index >= 15 is 0 Å². The van der Waals surface area contributed by atoms with Crippen molar-refractivity contribution in [2.75, 3.05) is 17.6 Å². The Morgan fingerprint density at radius 2 is 1.95 bits per heavy atom. The van der Waals surface area contributed by atoms with Gasteiger partial charge in [-0.25, -0.2) is 4.52 Å². The summed E-state index contributed by atoms with van der Waals surface area (Å²) in [6, 6.07) is 14.7. The number of benzene rings is 1. The molecule has 3 aromatic rings. The van der Waals surface area contributed by atoms with Crippen LogP contribution in [0.4, 0.5) is 11.6 Å². The van der Waals surface area contributed by atoms with Crippen molar-refractivity contribution in [3.63, 3.8) is 0 Å². The van der Waals surface area contributed by atoms with Crippen LogP contribution in [-0.2, 0) is 5.41 Å². The third kappa shape index (κ3) is 2.20. The van der Waals surface area contributed by atoms with Gasteiger partial charge in [0.05, 0.1) is 11.9 Å². The van der Waals surface area contributed by atoms with Crippen molar-refractivity contribution in [3.8, 4) is 0 Å². The third-order valence-electron chi connectivity index (χ3n) is 4.22. The van der Waals surface area contributed by atoms with Gasteiger partial charge in [-0.05, 0) is 30.5 Å². The largest absolute Gasteiger partial charge is 0.383 e. The van der Waals surface area contributed by atoms with Gasteiger partial charge in [0, 0.05) is 12.0 Å². The van der Waals surface area contributed by atoms with Gasteiger partial charge < -0.3 is 11.1 Å². The topological polar surface area (TPSA) is 68.2 Å². The van der Waals surface area contributed by atoms with E-state index in [1.54, 1.807) is 4.52 Å². The molecule has 1 aliphatic carbocycles. The first-order valence-corrected chi connectivity index (χ1v) is 7.17. The summed E-state index contributed by atoms with van der Waals surface area (Å²) in [4.78, 5) is 4.12. The van der Waals surface area contributed by atoms with E-state index in [2.05, 4.69) is 45.7 Å². The number of pyridine rings is 1. The van der Waals surface area contributed by atoms with E-state index in [0.29, 0.717) is 5.95 Å². The van der Waals surface area contributed by atoms with Crippen molar-refractivity contribution in [1.82, 2.24) is 14.6 Å². The van der Waals surface area contributed by atoms with Gasteiger partial charge in [0.2, 0.25) is 5.95 Å². The number of nitrogen functional groups attached to an aromatic ring is 1. The predicted molar refractivity (Wildman–Crippen MR) is 83.2 cm³/mol. The highest BCUT2D eigenvalue weighted by atomic mass is 15.3. The summed E-state index contributed by atoms with van der Waals surface area (Å²) in [5.41, 5.74) is 9.12. The van der Waals surface area contributed by atoms with Crippen LogP contribution < -0.4 is 11.1 Å². The van der Waals surface area contributed by atoms with Crippen molar-refractivity contribution in [2.24, 2.45) is 0 Å². The molecule has 5 nitrogen and oxygen atoms in total. The summed E-state index contributed by atoms with van der Waals surface area (Å²) in [6.07, 6.45) is 4.41. The molecule has 0 atom stereocenters. The van der Waals surface area contributed by atoms with Crippen molar-refractivity contribution >= 4 is 17.3 Å². The van der Waals surface area contributed by atoms with Crippen LogP contribution in [0.5, 0.6) is 0 Å². The minimum atomic E-state index is 0.289. The van der Waals surface area contributed by atoms with Crippen molar-refractivity contribution in [2.45, 2.75) is 18.3 Å². The SMILES string of the molecule is Nc1nc2ccc(NCC3(c4ccccc4)CC3)cn2n1. The monoisotopic (exact) mass is 279 g/mol. The lowest BCUT2D eigenvalue weighted by Crippen LogP contribution is -2.19. The molecule has 2 heterocycles. The van der Waals surface area contributed by atoms with Gasteiger partial charge in [0.15, 0.2) is 5.65 Å². The lowest BCUT2D eigenvalue weighted by atomic mass is 9.96. The zero-order valence-corrected chi connectivity index (χ0v) is 11.7. The highest BCUT2D eigenvalue weighted by Gasteiger charge is 2.43. The number of fused-ring (bicyclic) bond motifs is 1. The second kappa shape index (κ2) is 4.48. The molecule has 0 amide bonds. The normalized spacial score (nSPS) is 16.0. The smallest absolute Gasteiger partial charge is 0.240 e. The first-order valence-electron chi connectivity index (χ1n) is 7.17. The van der Waals surface area contributed by atoms with Crippen LogP contribution in [0.15, 0.2) is 48.7 Å². The van der Waals surface area contributed by atoms with Gasteiger partial charge in [0.25, 0.3) is 0 Å². The van der Waals surface area contributed by atoms with Gasteiger partial charge in [-0.3, -0.25) is 0 Å². The van der Waals surface area contributed by atoms with Gasteiger partial charge in [0.1, 0.15) is 0 Å². The molecule has 4 rings (SSSR count). The molecular weight excluding hydrogens is 262 g/mol. The molecule has 21 heavy (non-hydrogen) atoms. The molecule has 0 bridgehead atoms. The van der Waals surface area contributed by atoms with Crippen LogP contribution in [0, 0.1) is 0 Å². The first-order chi connectivity index (χ1) is 10.3. The zero-order valence-electron chi connectivity index (χ0n) is 11.7. The Labute approximate surface area is 122 Å². The highest BCUT2D eigenvalue weighted by Crippen LogP contribution is 2.48. The predicted octanol–water partition coefficient (Wildman–Crippen LogP) is 2.46. The summed E-state index contributed by atoms with van der Waals surface area (Å²) in [5, 5.41) is 7.65. The van der Waals surface area contributed by atoms with E-state index in [-0.39, 0.29) is 5.41 Å². The number of nitrogens with two attached hydrogens (primary N) is 1. The van der Waals surface area contributed by atoms with E-state index < -0.39 is 0 Å². The van der Waals surface area contributed by atoms with Crippen molar-refractivity contribution in [1.29, 1.82) is 0 Å². The van der Waals surface area contributed by atoms with Gasteiger partial charge in [-0.1, -0.05) is 30.3 Å². The number of nitrogens with zero attached hydrogens (tertiary/aromatic N) is 3. The summed E-state index contributed by atoms with van der Waals surface area (Å²) < 4.78 is 1.71. The molecule has 1 aliphatic rings. The Bertz CT molecular complexity index is 774. The molecule has 0 unspecified atom stereocenters. The zero-order chi connectivity index (χ0) is 14.3. The van der Waals surface area contributed by atoms with Gasteiger partial charge in [-0.15, -0.1) is 5.10 Å². The average Bonchev–Trinajstić information content (AvgIpc) is 3.21. The molecule has 3 N–H and O–H groups in total. The summed E-state index contributed by atoms with van der Waals surface area (Å²) in [5.74, 6) is 0.301. The molecule has 1 saturated carbocycles. The van der Waals surface area contributed by atoms with E-state index in [9.17, 15) is 0 Å². The van der Waals surface area contributed by atoms with Crippen molar-refractivity contribution < 1.29 is 0 Å². The Balaban J connectivity index is 1.53. The minimum Gasteiger partial charge on any atom is -0.383 e. The number of hydrogen-bond donors (Lipinski definition) is 2. The van der Waals surface area contributed by atoms with E-state index in [0.717, 1.165) is 17.9 Å². The quantitative estimate of drug-likeness (QED) is 0.769. The Morgan fingerprint density at radius 1 is 1.14 bits per heavy atom. The van der Waals surface area contributed by atoms with Crippen LogP contribution >= 0.6 is 0 Å². The Hall–Kier alpha value is -2.56. The molecule has 0 spiro atoms. The molecule has 2 aromatic heterocycles. The average molecular weight is 279 g/mol. The van der Waals surface area contributed by atoms with Gasteiger partial charge >= 0.3 is 0 Å². The molecule has 106 valence electrons. The third-order valence-corrected chi connectivity index (χ3v) is 4.22.